The van der Waals surface area contributed by atoms with Crippen LogP contribution in [-0.2, 0) is 16.0 Å². The van der Waals surface area contributed by atoms with E-state index in [1.54, 1.807) is 0 Å². The summed E-state index contributed by atoms with van der Waals surface area (Å²) in [5.74, 6) is -0.816. The largest absolute Gasteiger partial charge is 0.368 e. The molecule has 0 saturated carbocycles. The van der Waals surface area contributed by atoms with E-state index < -0.39 is 11.9 Å². The van der Waals surface area contributed by atoms with Crippen LogP contribution in [0.1, 0.15) is 24.5 Å². The van der Waals surface area contributed by atoms with Gasteiger partial charge in [-0.25, -0.2) is 0 Å². The molecule has 2 amide bonds. The van der Waals surface area contributed by atoms with Crippen LogP contribution in [0.15, 0.2) is 53.6 Å². The number of hydrazone groups is 1. The van der Waals surface area contributed by atoms with Crippen molar-refractivity contribution in [3.63, 3.8) is 0 Å². The van der Waals surface area contributed by atoms with Crippen LogP contribution >= 0.6 is 0 Å². The number of nitrogens with one attached hydrogen (secondary N) is 1. The van der Waals surface area contributed by atoms with Crippen molar-refractivity contribution in [2.75, 3.05) is 10.3 Å². The third kappa shape index (κ3) is 3.44. The molecule has 3 rings (SSSR count). The lowest BCUT2D eigenvalue weighted by molar-refractivity contribution is -0.119. The minimum absolute atomic E-state index is 0.184. The Morgan fingerprint density at radius 3 is 2.58 bits per heavy atom. The van der Waals surface area contributed by atoms with Gasteiger partial charge in [0.15, 0.2) is 0 Å². The zero-order valence-corrected chi connectivity index (χ0v) is 14.9. The van der Waals surface area contributed by atoms with Gasteiger partial charge >= 0.3 is 0 Å². The number of primary amides is 1. The smallest absolute Gasteiger partial charge is 0.271 e. The molecule has 0 fully saturated rings. The summed E-state index contributed by atoms with van der Waals surface area (Å²) in [7, 11) is 0. The number of carbonyl (C=O) groups excluding carboxylic acids is 2. The molecule has 1 aliphatic heterocycles. The molecule has 1 aliphatic rings. The van der Waals surface area contributed by atoms with Crippen molar-refractivity contribution in [1.82, 2.24) is 0 Å². The Bertz CT molecular complexity index is 861. The van der Waals surface area contributed by atoms with Crippen LogP contribution in [-0.4, -0.2) is 23.6 Å². The van der Waals surface area contributed by atoms with E-state index in [0.29, 0.717) is 5.71 Å². The van der Waals surface area contributed by atoms with Crippen molar-refractivity contribution in [2.45, 2.75) is 32.7 Å². The minimum Gasteiger partial charge on any atom is -0.368 e. The molecule has 0 radical (unpaired) electrons. The first-order chi connectivity index (χ1) is 12.5. The van der Waals surface area contributed by atoms with Crippen LogP contribution in [0.3, 0.4) is 0 Å². The van der Waals surface area contributed by atoms with Gasteiger partial charge in [-0.2, -0.15) is 5.10 Å². The molecule has 0 bridgehead atoms. The van der Waals surface area contributed by atoms with Crippen molar-refractivity contribution in [3.05, 3.63) is 59.7 Å². The van der Waals surface area contributed by atoms with Crippen LogP contribution in [0.4, 0.5) is 11.4 Å². The first-order valence-corrected chi connectivity index (χ1v) is 8.62. The highest BCUT2D eigenvalue weighted by Gasteiger charge is 2.35. The number of rotatable bonds is 5. The Labute approximate surface area is 152 Å². The van der Waals surface area contributed by atoms with Gasteiger partial charge < -0.3 is 11.1 Å². The minimum atomic E-state index is -0.666. The zero-order valence-electron chi connectivity index (χ0n) is 14.9. The SMILES string of the molecule is CCc1cccc(C)c1NC(=O)C1=NN(c2ccccc2)[C@H](C(N)=O)C1. The Hall–Kier alpha value is -3.15. The molecular weight excluding hydrogens is 328 g/mol. The van der Waals surface area contributed by atoms with Gasteiger partial charge in [0.25, 0.3) is 5.91 Å². The molecule has 0 saturated heterocycles. The number of benzene rings is 2. The number of nitrogens with zero attached hydrogens (tertiary/aromatic N) is 2. The lowest BCUT2D eigenvalue weighted by Gasteiger charge is -2.20. The van der Waals surface area contributed by atoms with Crippen molar-refractivity contribution in [2.24, 2.45) is 10.8 Å². The molecule has 3 N–H and O–H groups in total. The third-order valence-electron chi connectivity index (χ3n) is 4.50. The maximum Gasteiger partial charge on any atom is 0.271 e. The number of para-hydroxylation sites is 2. The van der Waals surface area contributed by atoms with E-state index in [4.69, 9.17) is 5.73 Å². The molecule has 1 atom stereocenters. The molecule has 2 aromatic rings. The van der Waals surface area contributed by atoms with Crippen LogP contribution in [0.2, 0.25) is 0 Å². The standard InChI is InChI=1S/C20H22N4O2/c1-3-14-9-7-8-13(2)18(14)22-20(26)16-12-17(19(21)25)24(23-16)15-10-5-4-6-11-15/h4-11,17H,3,12H2,1-2H3,(H2,21,25)(H,22,26)/t17-/m0/s1. The average molecular weight is 350 g/mol. The second kappa shape index (κ2) is 7.39. The van der Waals surface area contributed by atoms with Crippen LogP contribution in [0, 0.1) is 6.92 Å². The van der Waals surface area contributed by atoms with E-state index >= 15 is 0 Å². The van der Waals surface area contributed by atoms with Gasteiger partial charge in [-0.3, -0.25) is 14.6 Å². The van der Waals surface area contributed by atoms with Crippen molar-refractivity contribution in [1.29, 1.82) is 0 Å². The van der Waals surface area contributed by atoms with Crippen LogP contribution in [0.5, 0.6) is 0 Å². The number of carbonyl (C=O) groups is 2. The number of aryl methyl sites for hydroxylation is 2. The van der Waals surface area contributed by atoms with E-state index in [1.807, 2.05) is 62.4 Å². The first-order valence-electron chi connectivity index (χ1n) is 8.62. The Morgan fingerprint density at radius 2 is 1.92 bits per heavy atom. The summed E-state index contributed by atoms with van der Waals surface area (Å²) in [6.07, 6.45) is 0.993. The molecule has 6 heteroatoms. The molecule has 26 heavy (non-hydrogen) atoms. The molecule has 0 aromatic heterocycles. The quantitative estimate of drug-likeness (QED) is 0.869. The summed E-state index contributed by atoms with van der Waals surface area (Å²) in [6, 6.07) is 14.5. The summed E-state index contributed by atoms with van der Waals surface area (Å²) in [6.45, 7) is 3.99. The number of hydrogen-bond acceptors (Lipinski definition) is 4. The van der Waals surface area contributed by atoms with Gasteiger partial charge in [0.2, 0.25) is 5.91 Å². The molecule has 1 heterocycles. The van der Waals surface area contributed by atoms with Gasteiger partial charge in [0, 0.05) is 12.1 Å². The number of hydrogen-bond donors (Lipinski definition) is 2. The van der Waals surface area contributed by atoms with Crippen molar-refractivity contribution < 1.29 is 9.59 Å². The predicted octanol–water partition coefficient (Wildman–Crippen LogP) is 2.62. The monoisotopic (exact) mass is 350 g/mol. The van der Waals surface area contributed by atoms with Crippen molar-refractivity contribution >= 4 is 28.9 Å². The van der Waals surface area contributed by atoms with Gasteiger partial charge in [0.1, 0.15) is 11.8 Å². The molecule has 2 aromatic carbocycles. The van der Waals surface area contributed by atoms with Gasteiger partial charge in [-0.15, -0.1) is 0 Å². The fraction of sp³-hybridized carbons (Fsp3) is 0.250. The van der Waals surface area contributed by atoms with Crippen LogP contribution in [0.25, 0.3) is 0 Å². The first kappa shape index (κ1) is 17.7. The second-order valence-corrected chi connectivity index (χ2v) is 6.27. The van der Waals surface area contributed by atoms with E-state index in [-0.39, 0.29) is 12.3 Å². The summed E-state index contributed by atoms with van der Waals surface area (Å²) >= 11 is 0. The highest BCUT2D eigenvalue weighted by Crippen LogP contribution is 2.26. The third-order valence-corrected chi connectivity index (χ3v) is 4.50. The number of anilines is 2. The van der Waals surface area contributed by atoms with Gasteiger partial charge in [-0.05, 0) is 36.6 Å². The summed E-state index contributed by atoms with van der Waals surface area (Å²) in [4.78, 5) is 24.6. The lowest BCUT2D eigenvalue weighted by atomic mass is 10.0. The summed E-state index contributed by atoms with van der Waals surface area (Å²) in [5, 5.41) is 8.86. The van der Waals surface area contributed by atoms with Crippen LogP contribution < -0.4 is 16.1 Å². The molecule has 0 spiro atoms. The highest BCUT2D eigenvalue weighted by atomic mass is 16.2. The van der Waals surface area contributed by atoms with E-state index in [0.717, 1.165) is 28.9 Å². The highest BCUT2D eigenvalue weighted by molar-refractivity contribution is 6.44. The van der Waals surface area contributed by atoms with Gasteiger partial charge in [0.05, 0.1) is 5.69 Å². The molecule has 0 unspecified atom stereocenters. The van der Waals surface area contributed by atoms with E-state index in [2.05, 4.69) is 10.4 Å². The molecule has 6 nitrogen and oxygen atoms in total. The topological polar surface area (TPSA) is 87.8 Å². The van der Waals surface area contributed by atoms with E-state index in [1.165, 1.54) is 5.01 Å². The summed E-state index contributed by atoms with van der Waals surface area (Å²) < 4.78 is 0. The second-order valence-electron chi connectivity index (χ2n) is 6.27. The maximum atomic E-state index is 12.8. The molecule has 0 aliphatic carbocycles. The van der Waals surface area contributed by atoms with E-state index in [9.17, 15) is 9.59 Å². The Morgan fingerprint density at radius 1 is 1.19 bits per heavy atom. The number of amides is 2. The normalized spacial score (nSPS) is 16.3. The van der Waals surface area contributed by atoms with Gasteiger partial charge in [-0.1, -0.05) is 43.3 Å². The zero-order chi connectivity index (χ0) is 18.7. The summed E-state index contributed by atoms with van der Waals surface area (Å²) in [5.41, 5.74) is 9.39. The maximum absolute atomic E-state index is 12.8. The molecular formula is C20H22N4O2. The molecule has 134 valence electrons. The fourth-order valence-electron chi connectivity index (χ4n) is 3.08. The predicted molar refractivity (Wildman–Crippen MR) is 103 cm³/mol. The number of nitrogens with two attached hydrogens (primary N) is 1. The Kier molecular flexibility index (Phi) is 5.02. The average Bonchev–Trinajstić information content (AvgIpc) is 3.10. The Balaban J connectivity index is 1.87. The fourth-order valence-corrected chi connectivity index (χ4v) is 3.08. The van der Waals surface area contributed by atoms with Crippen molar-refractivity contribution in [3.8, 4) is 0 Å². The lowest BCUT2D eigenvalue weighted by Crippen LogP contribution is -2.39.